The predicted octanol–water partition coefficient (Wildman–Crippen LogP) is 4.98. The minimum atomic E-state index is 0.630. The highest BCUT2D eigenvalue weighted by Crippen LogP contribution is 2.29. The molecule has 0 aliphatic rings. The number of aromatic nitrogens is 3. The van der Waals surface area contributed by atoms with Gasteiger partial charge in [-0.05, 0) is 56.2 Å². The standard InChI is InChI=1S/C21H21N3OS/c1-14-11-16(3)20-18(12-14)15(2)13-19-22-23-21(24(19)20)26-10-9-25-17-7-5-4-6-8-17/h4-8,11-13H,9-10H2,1-3H3. The molecule has 2 aromatic carbocycles. The van der Waals surface area contributed by atoms with E-state index >= 15 is 0 Å². The highest BCUT2D eigenvalue weighted by Gasteiger charge is 2.13. The lowest BCUT2D eigenvalue weighted by Gasteiger charge is -2.11. The number of hydrogen-bond donors (Lipinski definition) is 0. The van der Waals surface area contributed by atoms with Crippen molar-refractivity contribution in [3.05, 3.63) is 65.2 Å². The average Bonchev–Trinajstić information content (AvgIpc) is 3.02. The second-order valence-corrected chi connectivity index (χ2v) is 7.55. The van der Waals surface area contributed by atoms with Crippen molar-refractivity contribution in [1.29, 1.82) is 0 Å². The molecular weight excluding hydrogens is 342 g/mol. The summed E-state index contributed by atoms with van der Waals surface area (Å²) in [6.07, 6.45) is 0. The molecule has 0 radical (unpaired) electrons. The van der Waals surface area contributed by atoms with Gasteiger partial charge < -0.3 is 4.74 Å². The van der Waals surface area contributed by atoms with Gasteiger partial charge in [-0.25, -0.2) is 0 Å². The first kappa shape index (κ1) is 16.9. The zero-order valence-electron chi connectivity index (χ0n) is 15.2. The van der Waals surface area contributed by atoms with Gasteiger partial charge in [0.1, 0.15) is 5.75 Å². The van der Waals surface area contributed by atoms with Gasteiger partial charge in [-0.1, -0.05) is 41.6 Å². The second kappa shape index (κ2) is 7.00. The van der Waals surface area contributed by atoms with Crippen molar-refractivity contribution in [2.75, 3.05) is 12.4 Å². The van der Waals surface area contributed by atoms with E-state index in [0.29, 0.717) is 6.61 Å². The first-order valence-electron chi connectivity index (χ1n) is 8.70. The number of benzene rings is 2. The average molecular weight is 363 g/mol. The molecule has 0 saturated heterocycles. The van der Waals surface area contributed by atoms with Crippen LogP contribution in [-0.4, -0.2) is 27.0 Å². The summed E-state index contributed by atoms with van der Waals surface area (Å²) in [6.45, 7) is 7.06. The maximum absolute atomic E-state index is 5.78. The topological polar surface area (TPSA) is 39.4 Å². The van der Waals surface area contributed by atoms with E-state index in [1.165, 1.54) is 27.6 Å². The summed E-state index contributed by atoms with van der Waals surface area (Å²) >= 11 is 1.67. The number of aryl methyl sites for hydroxylation is 3. The van der Waals surface area contributed by atoms with Gasteiger partial charge in [0.05, 0.1) is 12.1 Å². The third kappa shape index (κ3) is 3.15. The van der Waals surface area contributed by atoms with E-state index in [1.807, 2.05) is 30.3 Å². The molecule has 4 nitrogen and oxygen atoms in total. The van der Waals surface area contributed by atoms with E-state index < -0.39 is 0 Å². The lowest BCUT2D eigenvalue weighted by Crippen LogP contribution is -2.01. The van der Waals surface area contributed by atoms with Gasteiger partial charge in [0.25, 0.3) is 0 Å². The quantitative estimate of drug-likeness (QED) is 0.370. The van der Waals surface area contributed by atoms with E-state index in [1.54, 1.807) is 11.8 Å². The molecular formula is C21H21N3OS. The summed E-state index contributed by atoms with van der Waals surface area (Å²) in [7, 11) is 0. The molecule has 0 bridgehead atoms. The van der Waals surface area contributed by atoms with Crippen molar-refractivity contribution in [3.8, 4) is 5.75 Å². The van der Waals surface area contributed by atoms with Crippen LogP contribution in [0.3, 0.4) is 0 Å². The van der Waals surface area contributed by atoms with Gasteiger partial charge in [-0.2, -0.15) is 0 Å². The fourth-order valence-electron chi connectivity index (χ4n) is 3.32. The Balaban J connectivity index is 1.63. The van der Waals surface area contributed by atoms with Gasteiger partial charge in [0.15, 0.2) is 10.8 Å². The molecule has 0 saturated carbocycles. The van der Waals surface area contributed by atoms with Gasteiger partial charge in [-0.3, -0.25) is 4.40 Å². The maximum Gasteiger partial charge on any atom is 0.196 e. The van der Waals surface area contributed by atoms with Crippen LogP contribution in [0.2, 0.25) is 0 Å². The van der Waals surface area contributed by atoms with E-state index in [2.05, 4.69) is 53.6 Å². The van der Waals surface area contributed by atoms with Gasteiger partial charge in [0, 0.05) is 11.1 Å². The van der Waals surface area contributed by atoms with Gasteiger partial charge in [-0.15, -0.1) is 10.2 Å². The molecule has 0 aliphatic heterocycles. The second-order valence-electron chi connectivity index (χ2n) is 6.49. The Morgan fingerprint density at radius 1 is 0.962 bits per heavy atom. The Labute approximate surface area is 157 Å². The Morgan fingerprint density at radius 2 is 1.77 bits per heavy atom. The van der Waals surface area contributed by atoms with Crippen LogP contribution < -0.4 is 4.74 Å². The van der Waals surface area contributed by atoms with E-state index in [4.69, 9.17) is 4.74 Å². The Morgan fingerprint density at radius 3 is 2.58 bits per heavy atom. The summed E-state index contributed by atoms with van der Waals surface area (Å²) in [5, 5.41) is 11.0. The van der Waals surface area contributed by atoms with Crippen molar-refractivity contribution in [2.45, 2.75) is 25.9 Å². The summed E-state index contributed by atoms with van der Waals surface area (Å²) in [6, 6.07) is 16.5. The molecule has 2 heterocycles. The molecule has 0 atom stereocenters. The van der Waals surface area contributed by atoms with E-state index in [9.17, 15) is 0 Å². The van der Waals surface area contributed by atoms with Crippen molar-refractivity contribution < 1.29 is 4.74 Å². The number of thioether (sulfide) groups is 1. The molecule has 2 aromatic heterocycles. The number of ether oxygens (including phenoxy) is 1. The molecule has 0 amide bonds. The normalized spacial score (nSPS) is 11.3. The molecule has 0 N–H and O–H groups in total. The number of rotatable bonds is 5. The van der Waals surface area contributed by atoms with Gasteiger partial charge in [0.2, 0.25) is 0 Å². The molecule has 0 unspecified atom stereocenters. The van der Waals surface area contributed by atoms with Crippen LogP contribution >= 0.6 is 11.8 Å². The van der Waals surface area contributed by atoms with Crippen molar-refractivity contribution in [2.24, 2.45) is 0 Å². The van der Waals surface area contributed by atoms with E-state index in [-0.39, 0.29) is 0 Å². The fourth-order valence-corrected chi connectivity index (χ4v) is 4.08. The van der Waals surface area contributed by atoms with Crippen LogP contribution in [0.5, 0.6) is 5.75 Å². The molecule has 132 valence electrons. The van der Waals surface area contributed by atoms with Crippen LogP contribution in [0.15, 0.2) is 53.7 Å². The largest absolute Gasteiger partial charge is 0.493 e. The van der Waals surface area contributed by atoms with Crippen LogP contribution in [0.25, 0.3) is 16.6 Å². The molecule has 0 fully saturated rings. The Bertz CT molecular complexity index is 1070. The molecule has 5 heteroatoms. The predicted molar refractivity (Wildman–Crippen MR) is 107 cm³/mol. The molecule has 26 heavy (non-hydrogen) atoms. The van der Waals surface area contributed by atoms with Crippen molar-refractivity contribution in [3.63, 3.8) is 0 Å². The Hall–Kier alpha value is -2.53. The Kier molecular flexibility index (Phi) is 4.55. The highest BCUT2D eigenvalue weighted by atomic mass is 32.2. The van der Waals surface area contributed by atoms with Crippen molar-refractivity contribution in [1.82, 2.24) is 14.6 Å². The smallest absolute Gasteiger partial charge is 0.196 e. The van der Waals surface area contributed by atoms with Crippen LogP contribution in [0.4, 0.5) is 0 Å². The summed E-state index contributed by atoms with van der Waals surface area (Å²) in [5.41, 5.74) is 5.85. The SMILES string of the molecule is Cc1cc(C)c2c(c1)c(C)cc1nnc(SCCOc3ccccc3)n12. The third-order valence-electron chi connectivity index (χ3n) is 4.42. The van der Waals surface area contributed by atoms with Crippen LogP contribution in [0.1, 0.15) is 16.7 Å². The summed E-state index contributed by atoms with van der Waals surface area (Å²) < 4.78 is 7.96. The monoisotopic (exact) mass is 363 g/mol. The highest BCUT2D eigenvalue weighted by molar-refractivity contribution is 7.99. The number of fused-ring (bicyclic) bond motifs is 3. The minimum absolute atomic E-state index is 0.630. The van der Waals surface area contributed by atoms with E-state index in [0.717, 1.165) is 22.3 Å². The summed E-state index contributed by atoms with van der Waals surface area (Å²) in [5.74, 6) is 1.71. The third-order valence-corrected chi connectivity index (χ3v) is 5.32. The molecule has 0 aliphatic carbocycles. The number of pyridine rings is 1. The number of hydrogen-bond acceptors (Lipinski definition) is 4. The number of para-hydroxylation sites is 1. The molecule has 4 rings (SSSR count). The minimum Gasteiger partial charge on any atom is -0.493 e. The maximum atomic E-state index is 5.78. The summed E-state index contributed by atoms with van der Waals surface area (Å²) in [4.78, 5) is 0. The lowest BCUT2D eigenvalue weighted by molar-refractivity contribution is 0.344. The number of nitrogens with zero attached hydrogens (tertiary/aromatic N) is 3. The zero-order valence-corrected chi connectivity index (χ0v) is 16.0. The molecule has 0 spiro atoms. The van der Waals surface area contributed by atoms with Crippen LogP contribution in [0, 0.1) is 20.8 Å². The van der Waals surface area contributed by atoms with Gasteiger partial charge >= 0.3 is 0 Å². The zero-order chi connectivity index (χ0) is 18.1. The first-order chi connectivity index (χ1) is 12.6. The van der Waals surface area contributed by atoms with Crippen molar-refractivity contribution >= 4 is 28.3 Å². The molecule has 4 aromatic rings. The first-order valence-corrected chi connectivity index (χ1v) is 9.68. The fraction of sp³-hybridized carbons (Fsp3) is 0.238. The lowest BCUT2D eigenvalue weighted by atomic mass is 10.0. The van der Waals surface area contributed by atoms with Crippen LogP contribution in [-0.2, 0) is 0 Å².